The summed E-state index contributed by atoms with van der Waals surface area (Å²) in [6, 6.07) is 18.1. The summed E-state index contributed by atoms with van der Waals surface area (Å²) in [6.45, 7) is -0.357. The Labute approximate surface area is 236 Å². The summed E-state index contributed by atoms with van der Waals surface area (Å²) in [5.41, 5.74) is 3.60. The van der Waals surface area contributed by atoms with Crippen LogP contribution in [0.1, 0.15) is 22.6 Å². The lowest BCUT2D eigenvalue weighted by Crippen LogP contribution is -2.39. The zero-order valence-electron chi connectivity index (χ0n) is 22.0. The normalized spacial score (nSPS) is 14.8. The summed E-state index contributed by atoms with van der Waals surface area (Å²) in [6.07, 6.45) is 0.878. The molecule has 0 saturated heterocycles. The van der Waals surface area contributed by atoms with Crippen LogP contribution in [0, 0.1) is 0 Å². The van der Waals surface area contributed by atoms with E-state index in [1.165, 1.54) is 4.90 Å². The van der Waals surface area contributed by atoms with Gasteiger partial charge < -0.3 is 15.3 Å². The molecule has 0 bridgehead atoms. The molecule has 3 aromatic carbocycles. The number of aliphatic imine (C=N–C) groups is 1. The highest BCUT2D eigenvalue weighted by Gasteiger charge is 2.35. The van der Waals surface area contributed by atoms with E-state index in [2.05, 4.69) is 5.32 Å². The van der Waals surface area contributed by atoms with Gasteiger partial charge in [0.1, 0.15) is 12.5 Å². The quantitative estimate of drug-likeness (QED) is 0.369. The molecule has 2 N–H and O–H groups in total. The molecular weight excluding hydrogens is 556 g/mol. The van der Waals surface area contributed by atoms with Gasteiger partial charge in [-0.1, -0.05) is 41.9 Å². The zero-order chi connectivity index (χ0) is 29.2. The van der Waals surface area contributed by atoms with Crippen LogP contribution in [-0.4, -0.2) is 68.8 Å². The van der Waals surface area contributed by atoms with Gasteiger partial charge in [-0.2, -0.15) is 0 Å². The van der Waals surface area contributed by atoms with Crippen LogP contribution in [0.15, 0.2) is 71.7 Å². The fourth-order valence-corrected chi connectivity index (χ4v) is 5.29. The lowest BCUT2D eigenvalue weighted by atomic mass is 9.90. The van der Waals surface area contributed by atoms with Crippen molar-refractivity contribution >= 4 is 62.2 Å². The van der Waals surface area contributed by atoms with Crippen molar-refractivity contribution in [1.29, 1.82) is 0 Å². The summed E-state index contributed by atoms with van der Waals surface area (Å²) in [5, 5.41) is 12.4. The van der Waals surface area contributed by atoms with Gasteiger partial charge in [0.15, 0.2) is 0 Å². The molecule has 40 heavy (non-hydrogen) atoms. The third-order valence-electron chi connectivity index (χ3n) is 6.29. The van der Waals surface area contributed by atoms with Gasteiger partial charge >= 0.3 is 5.97 Å². The Morgan fingerprint density at radius 1 is 1.02 bits per heavy atom. The number of fused-ring (bicyclic) bond motifs is 1. The van der Waals surface area contributed by atoms with Crippen LogP contribution in [0.5, 0.6) is 0 Å². The summed E-state index contributed by atoms with van der Waals surface area (Å²) in [7, 11) is -0.665. The molecule has 1 atom stereocenters. The van der Waals surface area contributed by atoms with Gasteiger partial charge in [-0.15, -0.1) is 0 Å². The van der Waals surface area contributed by atoms with Crippen molar-refractivity contribution in [3.63, 3.8) is 0 Å². The number of amides is 2. The number of carbonyl (C=O) groups excluding carboxylic acids is 2. The molecule has 10 nitrogen and oxygen atoms in total. The van der Waals surface area contributed by atoms with E-state index in [9.17, 15) is 22.8 Å². The topological polar surface area (TPSA) is 136 Å². The van der Waals surface area contributed by atoms with Crippen LogP contribution in [0.4, 0.5) is 17.1 Å². The molecule has 12 heteroatoms. The second kappa shape index (κ2) is 11.5. The maximum absolute atomic E-state index is 13.1. The average Bonchev–Trinajstić information content (AvgIpc) is 3.20. The van der Waals surface area contributed by atoms with Crippen molar-refractivity contribution in [2.24, 2.45) is 4.99 Å². The van der Waals surface area contributed by atoms with E-state index >= 15 is 0 Å². The maximum Gasteiger partial charge on any atom is 0.307 e. The van der Waals surface area contributed by atoms with Crippen molar-refractivity contribution in [2.75, 3.05) is 36.5 Å². The highest BCUT2D eigenvalue weighted by molar-refractivity contribution is 7.92. The minimum absolute atomic E-state index is 0.146. The van der Waals surface area contributed by atoms with Crippen LogP contribution < -0.4 is 9.62 Å². The highest BCUT2D eigenvalue weighted by Crippen LogP contribution is 2.38. The maximum atomic E-state index is 13.1. The summed E-state index contributed by atoms with van der Waals surface area (Å²) >= 11 is 6.13. The van der Waals surface area contributed by atoms with Gasteiger partial charge in [-0.25, -0.2) is 8.42 Å². The number of carboxylic acid groups (broad SMARTS) is 1. The number of carbonyl (C=O) groups is 3. The van der Waals surface area contributed by atoms with Crippen LogP contribution in [-0.2, 0) is 30.8 Å². The first-order valence-corrected chi connectivity index (χ1v) is 14.3. The fourth-order valence-electron chi connectivity index (χ4n) is 4.27. The van der Waals surface area contributed by atoms with E-state index in [0.717, 1.165) is 10.6 Å². The van der Waals surface area contributed by atoms with Gasteiger partial charge in [0.2, 0.25) is 21.8 Å². The largest absolute Gasteiger partial charge is 0.481 e. The molecule has 3 aromatic rings. The number of sulfonamides is 1. The molecule has 1 aliphatic heterocycles. The Bertz CT molecular complexity index is 1600. The number of rotatable bonds is 9. The number of benzene rings is 3. The van der Waals surface area contributed by atoms with Crippen LogP contribution in [0.25, 0.3) is 0 Å². The number of nitrogens with zero attached hydrogens (tertiary/aromatic N) is 3. The van der Waals surface area contributed by atoms with E-state index in [4.69, 9.17) is 21.7 Å². The monoisotopic (exact) mass is 582 g/mol. The van der Waals surface area contributed by atoms with Gasteiger partial charge in [0.25, 0.3) is 0 Å². The Morgan fingerprint density at radius 3 is 2.25 bits per heavy atom. The molecule has 4 rings (SSSR count). The molecule has 1 heterocycles. The summed E-state index contributed by atoms with van der Waals surface area (Å²) in [4.78, 5) is 42.6. The molecule has 1 aliphatic rings. The first-order valence-electron chi connectivity index (χ1n) is 12.1. The molecule has 1 unspecified atom stereocenters. The van der Waals surface area contributed by atoms with E-state index in [1.807, 2.05) is 0 Å². The Hall–Kier alpha value is -4.22. The highest BCUT2D eigenvalue weighted by atomic mass is 35.5. The Kier molecular flexibility index (Phi) is 8.26. The molecule has 208 valence electrons. The minimum Gasteiger partial charge on any atom is -0.481 e. The number of hydrogen-bond donors (Lipinski definition) is 2. The van der Waals surface area contributed by atoms with Crippen molar-refractivity contribution in [3.05, 3.63) is 88.4 Å². The van der Waals surface area contributed by atoms with E-state index in [-0.39, 0.29) is 30.5 Å². The van der Waals surface area contributed by atoms with Crippen molar-refractivity contribution in [1.82, 2.24) is 4.90 Å². The fraction of sp³-hybridized carbons (Fsp3) is 0.214. The van der Waals surface area contributed by atoms with Crippen LogP contribution >= 0.6 is 11.6 Å². The minimum atomic E-state index is -3.75. The smallest absolute Gasteiger partial charge is 0.307 e. The Balaban J connectivity index is 1.77. The molecule has 2 amide bonds. The number of aliphatic carboxylic acids is 1. The predicted molar refractivity (Wildman–Crippen MR) is 154 cm³/mol. The molecule has 0 saturated carbocycles. The number of likely N-dealkylation sites (N-methyl/N-ethyl adjacent to an activating group) is 1. The lowest BCUT2D eigenvalue weighted by molar-refractivity contribution is -0.136. The molecular formula is C28H27ClN4O6S. The van der Waals surface area contributed by atoms with Gasteiger partial charge in [-0.05, 0) is 53.1 Å². The Morgan fingerprint density at radius 2 is 1.68 bits per heavy atom. The molecule has 0 fully saturated rings. The SMILES string of the molecule is CN(C)C(=O)CN(c1ccc(N=C(c2ccc(CC(=O)O)cc2)C2C(=O)Nc3cc(Cl)ccc32)cc1)S(C)(=O)=O. The summed E-state index contributed by atoms with van der Waals surface area (Å²) in [5.74, 6) is -2.42. The third-order valence-corrected chi connectivity index (χ3v) is 7.67. The summed E-state index contributed by atoms with van der Waals surface area (Å²) < 4.78 is 25.8. The van der Waals surface area contributed by atoms with Gasteiger partial charge in [-0.3, -0.25) is 23.7 Å². The van der Waals surface area contributed by atoms with E-state index in [1.54, 1.807) is 80.8 Å². The van der Waals surface area contributed by atoms with Crippen molar-refractivity contribution in [2.45, 2.75) is 12.3 Å². The standard InChI is InChI=1S/C28H27ClN4O6S/c1-32(2)24(34)16-33(40(3,38)39)21-11-9-20(10-12-21)30-27(18-6-4-17(5-7-18)14-25(35)36)26-22-13-8-19(29)15-23(22)31-28(26)37/h4-13,15,26H,14,16H2,1-3H3,(H,31,37)(H,35,36). The lowest BCUT2D eigenvalue weighted by Gasteiger charge is -2.23. The first kappa shape index (κ1) is 28.8. The van der Waals surface area contributed by atoms with E-state index in [0.29, 0.717) is 38.8 Å². The van der Waals surface area contributed by atoms with Crippen LogP contribution in [0.2, 0.25) is 5.02 Å². The zero-order valence-corrected chi connectivity index (χ0v) is 23.5. The number of halogens is 1. The first-order chi connectivity index (χ1) is 18.8. The van der Waals surface area contributed by atoms with Crippen molar-refractivity contribution < 1.29 is 27.9 Å². The average molecular weight is 583 g/mol. The number of anilines is 2. The van der Waals surface area contributed by atoms with Gasteiger partial charge in [0.05, 0.1) is 29.8 Å². The van der Waals surface area contributed by atoms with E-state index < -0.39 is 21.9 Å². The molecule has 0 aromatic heterocycles. The predicted octanol–water partition coefficient (Wildman–Crippen LogP) is 3.68. The second-order valence-electron chi connectivity index (χ2n) is 9.49. The third kappa shape index (κ3) is 6.49. The molecule has 0 spiro atoms. The van der Waals surface area contributed by atoms with Crippen LogP contribution in [0.3, 0.4) is 0 Å². The number of carboxylic acids is 1. The second-order valence-corrected chi connectivity index (χ2v) is 11.8. The van der Waals surface area contributed by atoms with Gasteiger partial charge in [0, 0.05) is 24.8 Å². The number of nitrogens with one attached hydrogen (secondary N) is 1. The molecule has 0 radical (unpaired) electrons. The number of hydrogen-bond acceptors (Lipinski definition) is 6. The molecule has 0 aliphatic carbocycles. The van der Waals surface area contributed by atoms with Crippen molar-refractivity contribution in [3.8, 4) is 0 Å².